The number of hydrogen-bond acceptors (Lipinski definition) is 4. The molecule has 62 valence electrons. The van der Waals surface area contributed by atoms with Crippen LogP contribution < -0.4 is 56.9 Å². The van der Waals surface area contributed by atoms with Gasteiger partial charge in [0.25, 0.3) is 0 Å². The quantitative estimate of drug-likeness (QED) is 0.307. The second kappa shape index (κ2) is 4.49. The Morgan fingerprint density at radius 1 is 1.62 bits per heavy atom. The predicted octanol–water partition coefficient (Wildman–Crippen LogP) is -2.43. The van der Waals surface area contributed by atoms with Crippen molar-refractivity contribution in [3.05, 3.63) is 18.5 Å². The molecule has 0 saturated carbocycles. The van der Waals surface area contributed by atoms with Crippen molar-refractivity contribution in [1.82, 2.24) is 14.8 Å². The van der Waals surface area contributed by atoms with E-state index < -0.39 is 0 Å². The molecule has 2 rings (SSSR count). The molecule has 0 aliphatic carbocycles. The molecule has 5 nitrogen and oxygen atoms in total. The number of aromatic nitrogens is 3. The maximum atomic E-state index is 8.57. The molecule has 0 saturated heterocycles. The zero-order valence-corrected chi connectivity index (χ0v) is 10.6. The average molecular weight is 202 g/mol. The summed E-state index contributed by atoms with van der Waals surface area (Å²) >= 11 is 0. The van der Waals surface area contributed by atoms with Crippen molar-refractivity contribution >= 4 is 16.7 Å². The average Bonchev–Trinajstić information content (AvgIpc) is 2.47. The van der Waals surface area contributed by atoms with Gasteiger partial charge in [-0.1, -0.05) is 6.20 Å². The molecule has 0 atom stereocenters. The largest absolute Gasteiger partial charge is 1.00 e. The Bertz CT molecular complexity index is 414. The van der Waals surface area contributed by atoms with Gasteiger partial charge in [0.1, 0.15) is 5.82 Å². The van der Waals surface area contributed by atoms with Crippen molar-refractivity contribution in [2.45, 2.75) is 0 Å². The fraction of sp³-hybridized carbons (Fsp3) is 0.143. The van der Waals surface area contributed by atoms with E-state index >= 15 is 0 Å². The summed E-state index contributed by atoms with van der Waals surface area (Å²) in [6.45, 7) is 0. The molecular weight excluding hydrogens is 195 g/mol. The van der Waals surface area contributed by atoms with Crippen molar-refractivity contribution in [2.75, 3.05) is 5.48 Å². The Kier molecular flexibility index (Phi) is 3.83. The van der Waals surface area contributed by atoms with Crippen LogP contribution in [0.4, 0.5) is 5.82 Å². The van der Waals surface area contributed by atoms with Gasteiger partial charge in [-0.3, -0.25) is 15.8 Å². The first kappa shape index (κ1) is 11.1. The Hall–Kier alpha value is 0.0164. The van der Waals surface area contributed by atoms with E-state index in [2.05, 4.69) is 16.3 Å². The third-order valence-electron chi connectivity index (χ3n) is 1.67. The van der Waals surface area contributed by atoms with Gasteiger partial charge < -0.3 is 9.67 Å². The van der Waals surface area contributed by atoms with Gasteiger partial charge in [-0.2, -0.15) is 0 Å². The number of nitrogens with zero attached hydrogens (tertiary/aromatic N) is 3. The SMILES string of the molecule is Cn1n[c-]c2cnc(NO)cc21.[K+]. The first-order valence-corrected chi connectivity index (χ1v) is 3.42. The fourth-order valence-electron chi connectivity index (χ4n) is 1.04. The Morgan fingerprint density at radius 2 is 2.38 bits per heavy atom. The Labute approximate surface area is 118 Å². The summed E-state index contributed by atoms with van der Waals surface area (Å²) in [5.41, 5.74) is 2.85. The normalized spacial score (nSPS) is 9.69. The smallest absolute Gasteiger partial charge is 0.333 e. The molecular formula is C7H7KN4O. The van der Waals surface area contributed by atoms with E-state index in [1.54, 1.807) is 24.0 Å². The molecule has 2 heterocycles. The van der Waals surface area contributed by atoms with Gasteiger partial charge in [0.15, 0.2) is 0 Å². The van der Waals surface area contributed by atoms with Crippen molar-refractivity contribution < 1.29 is 56.6 Å². The molecule has 0 aromatic carbocycles. The van der Waals surface area contributed by atoms with E-state index in [1.807, 2.05) is 5.48 Å². The predicted molar refractivity (Wildman–Crippen MR) is 42.8 cm³/mol. The summed E-state index contributed by atoms with van der Waals surface area (Å²) in [7, 11) is 1.81. The van der Waals surface area contributed by atoms with Gasteiger partial charge in [-0.05, 0) is 17.8 Å². The minimum absolute atomic E-state index is 0. The van der Waals surface area contributed by atoms with E-state index in [4.69, 9.17) is 5.21 Å². The van der Waals surface area contributed by atoms with Crippen LogP contribution in [0.25, 0.3) is 10.9 Å². The Balaban J connectivity index is 0.000000845. The van der Waals surface area contributed by atoms with Crippen molar-refractivity contribution in [3.8, 4) is 0 Å². The first-order valence-electron chi connectivity index (χ1n) is 3.42. The van der Waals surface area contributed by atoms with E-state index in [1.165, 1.54) is 0 Å². The summed E-state index contributed by atoms with van der Waals surface area (Å²) in [6, 6.07) is 1.69. The molecule has 0 bridgehead atoms. The van der Waals surface area contributed by atoms with Gasteiger partial charge in [0, 0.05) is 7.05 Å². The van der Waals surface area contributed by atoms with Gasteiger partial charge in [0.05, 0.1) is 0 Å². The van der Waals surface area contributed by atoms with Crippen LogP contribution in [0, 0.1) is 6.20 Å². The number of aryl methyl sites for hydroxylation is 1. The molecule has 0 radical (unpaired) electrons. The van der Waals surface area contributed by atoms with Crippen molar-refractivity contribution in [2.24, 2.45) is 7.05 Å². The molecule has 0 unspecified atom stereocenters. The number of pyridine rings is 1. The third kappa shape index (κ3) is 2.09. The maximum absolute atomic E-state index is 8.57. The van der Waals surface area contributed by atoms with Crippen LogP contribution in [0.1, 0.15) is 0 Å². The molecule has 0 fully saturated rings. The van der Waals surface area contributed by atoms with E-state index in [9.17, 15) is 0 Å². The van der Waals surface area contributed by atoms with E-state index in [-0.39, 0.29) is 51.4 Å². The van der Waals surface area contributed by atoms with Crippen molar-refractivity contribution in [1.29, 1.82) is 0 Å². The maximum Gasteiger partial charge on any atom is 1.00 e. The fourth-order valence-corrected chi connectivity index (χ4v) is 1.04. The van der Waals surface area contributed by atoms with Crippen LogP contribution in [0.3, 0.4) is 0 Å². The topological polar surface area (TPSA) is 63.0 Å². The molecule has 6 heteroatoms. The first-order chi connectivity index (χ1) is 5.81. The third-order valence-corrected chi connectivity index (χ3v) is 1.67. The molecule has 2 aromatic heterocycles. The number of hydrogen-bond donors (Lipinski definition) is 2. The minimum Gasteiger partial charge on any atom is -0.333 e. The Morgan fingerprint density at radius 3 is 3.08 bits per heavy atom. The molecule has 2 N–H and O–H groups in total. The molecule has 0 amide bonds. The molecule has 2 aromatic rings. The number of nitrogens with one attached hydrogen (secondary N) is 1. The van der Waals surface area contributed by atoms with E-state index in [0.29, 0.717) is 5.82 Å². The molecule has 0 spiro atoms. The molecule has 0 aliphatic rings. The van der Waals surface area contributed by atoms with Crippen LogP contribution in [-0.4, -0.2) is 20.0 Å². The van der Waals surface area contributed by atoms with Gasteiger partial charge in [-0.25, -0.2) is 0 Å². The summed E-state index contributed by atoms with van der Waals surface area (Å²) in [4.78, 5) is 3.89. The monoisotopic (exact) mass is 202 g/mol. The molecule has 13 heavy (non-hydrogen) atoms. The standard InChI is InChI=1S/C7H7N4O.K/c1-11-6-2-7(10-12)8-3-5(6)4-9-11;/h2-3,12H,1H3,(H,8,10);/q-1;+1. The zero-order valence-electron chi connectivity index (χ0n) is 7.44. The van der Waals surface area contributed by atoms with Gasteiger partial charge in [-0.15, -0.1) is 5.39 Å². The number of anilines is 1. The van der Waals surface area contributed by atoms with Gasteiger partial charge in [0.2, 0.25) is 0 Å². The second-order valence-electron chi connectivity index (χ2n) is 2.43. The van der Waals surface area contributed by atoms with Crippen LogP contribution in [0.2, 0.25) is 0 Å². The molecule has 0 aliphatic heterocycles. The summed E-state index contributed by atoms with van der Waals surface area (Å²) in [5.74, 6) is 0.402. The second-order valence-corrected chi connectivity index (χ2v) is 2.43. The van der Waals surface area contributed by atoms with Crippen LogP contribution in [0.5, 0.6) is 0 Å². The number of fused-ring (bicyclic) bond motifs is 1. The van der Waals surface area contributed by atoms with Crippen LogP contribution in [-0.2, 0) is 7.05 Å². The van der Waals surface area contributed by atoms with Crippen LogP contribution in [0.15, 0.2) is 12.3 Å². The minimum atomic E-state index is 0. The summed E-state index contributed by atoms with van der Waals surface area (Å²) < 4.78 is 1.66. The number of rotatable bonds is 1. The van der Waals surface area contributed by atoms with E-state index in [0.717, 1.165) is 10.9 Å². The zero-order chi connectivity index (χ0) is 8.55. The van der Waals surface area contributed by atoms with Gasteiger partial charge >= 0.3 is 51.4 Å². The summed E-state index contributed by atoms with van der Waals surface area (Å²) in [5, 5.41) is 13.3. The van der Waals surface area contributed by atoms with Crippen molar-refractivity contribution in [3.63, 3.8) is 0 Å². The van der Waals surface area contributed by atoms with Crippen LogP contribution >= 0.6 is 0 Å². The summed E-state index contributed by atoms with van der Waals surface area (Å²) in [6.07, 6.45) is 4.38.